The van der Waals surface area contributed by atoms with Crippen molar-refractivity contribution in [1.29, 1.82) is 5.26 Å². The fourth-order valence-corrected chi connectivity index (χ4v) is 5.66. The minimum atomic E-state index is -1.04. The Kier molecular flexibility index (Phi) is 6.39. The number of aromatic amines is 1. The summed E-state index contributed by atoms with van der Waals surface area (Å²) < 4.78 is 27.9. The number of nitriles is 1. The summed E-state index contributed by atoms with van der Waals surface area (Å²) >= 11 is 0. The lowest BCUT2D eigenvalue weighted by atomic mass is 9.80. The molecule has 2 N–H and O–H groups in total. The third-order valence-electron chi connectivity index (χ3n) is 7.70. The first-order valence-corrected chi connectivity index (χ1v) is 12.6. The number of hydrogen-bond donors (Lipinski definition) is 2. The van der Waals surface area contributed by atoms with Gasteiger partial charge in [-0.15, -0.1) is 0 Å². The van der Waals surface area contributed by atoms with Gasteiger partial charge in [0.05, 0.1) is 17.0 Å². The molecule has 2 aromatic carbocycles. The largest absolute Gasteiger partial charge is 0.350 e. The molecule has 1 spiro atoms. The van der Waals surface area contributed by atoms with Crippen LogP contribution in [0.2, 0.25) is 0 Å². The number of likely N-dealkylation sites (tertiary alicyclic amines) is 1. The van der Waals surface area contributed by atoms with Crippen LogP contribution in [0.25, 0.3) is 10.9 Å². The Morgan fingerprint density at radius 3 is 2.76 bits per heavy atom. The molecular formula is C28H27F2N5O3. The molecule has 10 heteroatoms. The van der Waals surface area contributed by atoms with Gasteiger partial charge in [-0.3, -0.25) is 14.4 Å². The first kappa shape index (κ1) is 25.4. The van der Waals surface area contributed by atoms with Gasteiger partial charge >= 0.3 is 0 Å². The van der Waals surface area contributed by atoms with Crippen molar-refractivity contribution < 1.29 is 23.2 Å². The molecule has 3 heterocycles. The fourth-order valence-electron chi connectivity index (χ4n) is 5.66. The zero-order chi connectivity index (χ0) is 27.2. The van der Waals surface area contributed by atoms with E-state index in [1.807, 2.05) is 25.1 Å². The van der Waals surface area contributed by atoms with Gasteiger partial charge < -0.3 is 20.1 Å². The maximum Gasteiger partial charge on any atom is 0.270 e. The standard InChI is InChI=1S/C28H27F2N5O3/c1-3-4-9-24(34(2)25(36)23-12-18-20(30)10-16(29)11-22(18)32-23)26(37)35-15-28(13-17(35)14-31)19-7-5-6-8-21(19)33-27(28)38/h5-8,10-12,17,24,32H,3-4,9,13,15H2,1-2H3,(H,33,38)/t17-,24-,28-/m0/s1. The Bertz CT molecular complexity index is 1500. The number of amides is 3. The van der Waals surface area contributed by atoms with Crippen LogP contribution < -0.4 is 5.32 Å². The van der Waals surface area contributed by atoms with Gasteiger partial charge in [-0.25, -0.2) is 8.78 Å². The quantitative estimate of drug-likeness (QED) is 0.511. The smallest absolute Gasteiger partial charge is 0.270 e. The number of para-hydroxylation sites is 1. The third-order valence-corrected chi connectivity index (χ3v) is 7.70. The number of rotatable bonds is 6. The molecule has 1 fully saturated rings. The zero-order valence-corrected chi connectivity index (χ0v) is 21.1. The van der Waals surface area contributed by atoms with E-state index >= 15 is 0 Å². The summed E-state index contributed by atoms with van der Waals surface area (Å²) in [6.07, 6.45) is 1.90. The molecule has 1 aromatic heterocycles. The number of nitrogens with one attached hydrogen (secondary N) is 2. The Hall–Kier alpha value is -4.26. The van der Waals surface area contributed by atoms with E-state index in [2.05, 4.69) is 16.4 Å². The summed E-state index contributed by atoms with van der Waals surface area (Å²) in [6.45, 7) is 1.98. The minimum Gasteiger partial charge on any atom is -0.350 e. The molecule has 0 unspecified atom stereocenters. The van der Waals surface area contributed by atoms with Crippen molar-refractivity contribution in [2.24, 2.45) is 0 Å². The van der Waals surface area contributed by atoms with Crippen LogP contribution in [-0.2, 0) is 15.0 Å². The maximum atomic E-state index is 14.2. The van der Waals surface area contributed by atoms with Crippen molar-refractivity contribution in [3.05, 3.63) is 65.4 Å². The molecule has 5 rings (SSSR count). The van der Waals surface area contributed by atoms with Crippen molar-refractivity contribution >= 4 is 34.3 Å². The molecule has 3 aromatic rings. The number of fused-ring (bicyclic) bond motifs is 3. The number of anilines is 1. The number of benzene rings is 2. The number of likely N-dealkylation sites (N-methyl/N-ethyl adjacent to an activating group) is 1. The van der Waals surface area contributed by atoms with E-state index in [1.54, 1.807) is 6.07 Å². The molecule has 2 aliphatic rings. The molecule has 3 amide bonds. The Balaban J connectivity index is 1.45. The number of halogens is 2. The predicted molar refractivity (Wildman–Crippen MR) is 136 cm³/mol. The minimum absolute atomic E-state index is 0.0140. The summed E-state index contributed by atoms with van der Waals surface area (Å²) in [5.74, 6) is -2.82. The second-order valence-corrected chi connectivity index (χ2v) is 10.0. The second kappa shape index (κ2) is 9.56. The van der Waals surface area contributed by atoms with Crippen molar-refractivity contribution in [3.8, 4) is 6.07 Å². The molecule has 38 heavy (non-hydrogen) atoms. The molecule has 196 valence electrons. The van der Waals surface area contributed by atoms with Crippen LogP contribution in [0.5, 0.6) is 0 Å². The van der Waals surface area contributed by atoms with Crippen molar-refractivity contribution in [1.82, 2.24) is 14.8 Å². The lowest BCUT2D eigenvalue weighted by Crippen LogP contribution is -2.51. The fraction of sp³-hybridized carbons (Fsp3) is 0.357. The average Bonchev–Trinajstić information content (AvgIpc) is 3.58. The summed E-state index contributed by atoms with van der Waals surface area (Å²) in [5, 5.41) is 12.9. The van der Waals surface area contributed by atoms with E-state index in [9.17, 15) is 28.4 Å². The van der Waals surface area contributed by atoms with Crippen LogP contribution in [0, 0.1) is 23.0 Å². The number of H-pyrrole nitrogens is 1. The number of nitrogens with zero attached hydrogens (tertiary/aromatic N) is 3. The van der Waals surface area contributed by atoms with E-state index in [4.69, 9.17) is 0 Å². The lowest BCUT2D eigenvalue weighted by Gasteiger charge is -2.32. The van der Waals surface area contributed by atoms with Crippen LogP contribution in [0.3, 0.4) is 0 Å². The molecule has 0 radical (unpaired) electrons. The molecule has 0 bridgehead atoms. The van der Waals surface area contributed by atoms with Crippen LogP contribution >= 0.6 is 0 Å². The highest BCUT2D eigenvalue weighted by Crippen LogP contribution is 2.46. The highest BCUT2D eigenvalue weighted by molar-refractivity contribution is 6.07. The molecule has 8 nitrogen and oxygen atoms in total. The first-order valence-electron chi connectivity index (χ1n) is 12.6. The predicted octanol–water partition coefficient (Wildman–Crippen LogP) is 4.09. The molecule has 3 atom stereocenters. The van der Waals surface area contributed by atoms with E-state index in [-0.39, 0.29) is 35.5 Å². The molecule has 1 saturated heterocycles. The van der Waals surface area contributed by atoms with Crippen LogP contribution in [0.1, 0.15) is 48.7 Å². The molecule has 0 aliphatic carbocycles. The van der Waals surface area contributed by atoms with E-state index < -0.39 is 40.9 Å². The van der Waals surface area contributed by atoms with Gasteiger partial charge in [-0.1, -0.05) is 38.0 Å². The third kappa shape index (κ3) is 3.99. The SMILES string of the molecule is CCCC[C@@H](C(=O)N1C[C@]2(C[C@H]1C#N)C(=O)Nc1ccccc12)N(C)C(=O)c1cc2c(F)cc(F)cc2[nH]1. The number of unbranched alkanes of at least 4 members (excludes halogenated alkanes) is 1. The zero-order valence-electron chi connectivity index (χ0n) is 21.1. The molecular weight excluding hydrogens is 492 g/mol. The topological polar surface area (TPSA) is 109 Å². The van der Waals surface area contributed by atoms with Crippen molar-refractivity contribution in [2.45, 2.75) is 50.1 Å². The summed E-state index contributed by atoms with van der Waals surface area (Å²) in [4.78, 5) is 45.9. The van der Waals surface area contributed by atoms with Gasteiger partial charge in [0.2, 0.25) is 11.8 Å². The van der Waals surface area contributed by atoms with E-state index in [1.165, 1.54) is 22.9 Å². The first-order chi connectivity index (χ1) is 18.2. The number of carbonyl (C=O) groups excluding carboxylic acids is 3. The van der Waals surface area contributed by atoms with Crippen LogP contribution in [0.15, 0.2) is 42.5 Å². The van der Waals surface area contributed by atoms with Gasteiger partial charge in [-0.2, -0.15) is 5.26 Å². The maximum absolute atomic E-state index is 14.2. The highest BCUT2D eigenvalue weighted by Gasteiger charge is 2.56. The second-order valence-electron chi connectivity index (χ2n) is 10.0. The van der Waals surface area contributed by atoms with E-state index in [0.717, 1.165) is 24.1 Å². The summed E-state index contributed by atoms with van der Waals surface area (Å²) in [7, 11) is 1.48. The van der Waals surface area contributed by atoms with Crippen molar-refractivity contribution in [3.63, 3.8) is 0 Å². The Morgan fingerprint density at radius 2 is 2.03 bits per heavy atom. The van der Waals surface area contributed by atoms with E-state index in [0.29, 0.717) is 18.5 Å². The average molecular weight is 520 g/mol. The highest BCUT2D eigenvalue weighted by atomic mass is 19.1. The van der Waals surface area contributed by atoms with Gasteiger partial charge in [0, 0.05) is 37.2 Å². The number of carbonyl (C=O) groups is 3. The van der Waals surface area contributed by atoms with Crippen LogP contribution in [-0.4, -0.2) is 58.2 Å². The monoisotopic (exact) mass is 519 g/mol. The van der Waals surface area contributed by atoms with Gasteiger partial charge in [-0.05, 0) is 30.2 Å². The Morgan fingerprint density at radius 1 is 1.26 bits per heavy atom. The lowest BCUT2D eigenvalue weighted by molar-refractivity contribution is -0.136. The van der Waals surface area contributed by atoms with Crippen molar-refractivity contribution in [2.75, 3.05) is 18.9 Å². The summed E-state index contributed by atoms with van der Waals surface area (Å²) in [5.41, 5.74) is 0.527. The van der Waals surface area contributed by atoms with Gasteiger partial charge in [0.1, 0.15) is 29.4 Å². The van der Waals surface area contributed by atoms with Gasteiger partial charge in [0.15, 0.2) is 0 Å². The normalized spacial score (nSPS) is 20.9. The molecule has 2 aliphatic heterocycles. The Labute approximate surface area is 218 Å². The molecule has 0 saturated carbocycles. The summed E-state index contributed by atoms with van der Waals surface area (Å²) in [6, 6.07) is 10.8. The number of aromatic nitrogens is 1. The van der Waals surface area contributed by atoms with Gasteiger partial charge in [0.25, 0.3) is 5.91 Å². The van der Waals surface area contributed by atoms with Crippen LogP contribution in [0.4, 0.5) is 14.5 Å². The number of hydrogen-bond acceptors (Lipinski definition) is 4.